The number of nitrogens with zero attached hydrogens (tertiary/aromatic N) is 2. The number of hydrogen-bond acceptors (Lipinski definition) is 3. The van der Waals surface area contributed by atoms with Gasteiger partial charge in [0.1, 0.15) is 5.15 Å². The molecule has 0 saturated carbocycles. The number of rotatable bonds is 2. The number of Topliss-reactive ketones (excluding diaryl/α,β-unsaturated/α-hetero) is 1. The molecule has 1 amide bonds. The fourth-order valence-corrected chi connectivity index (χ4v) is 2.88. The largest absolute Gasteiger partial charge is 0.299 e. The van der Waals surface area contributed by atoms with E-state index in [0.717, 1.165) is 0 Å². The SMILES string of the molecule is O=C1C(=O)N(Cc2cccc(Cl)n2)c2c(Cl)ccc(Cl)c21. The lowest BCUT2D eigenvalue weighted by Crippen LogP contribution is -2.29. The molecule has 0 aliphatic carbocycles. The number of anilines is 1. The van der Waals surface area contributed by atoms with Gasteiger partial charge in [-0.2, -0.15) is 0 Å². The van der Waals surface area contributed by atoms with E-state index in [4.69, 9.17) is 34.8 Å². The van der Waals surface area contributed by atoms with Gasteiger partial charge in [-0.1, -0.05) is 40.9 Å². The lowest BCUT2D eigenvalue weighted by Gasteiger charge is -2.17. The number of halogens is 3. The molecule has 4 nitrogen and oxygen atoms in total. The van der Waals surface area contributed by atoms with Crippen molar-refractivity contribution >= 4 is 52.2 Å². The topological polar surface area (TPSA) is 50.3 Å². The quantitative estimate of drug-likeness (QED) is 0.617. The summed E-state index contributed by atoms with van der Waals surface area (Å²) >= 11 is 17.9. The van der Waals surface area contributed by atoms with Crippen LogP contribution in [0.4, 0.5) is 5.69 Å². The smallest absolute Gasteiger partial charge is 0.297 e. The van der Waals surface area contributed by atoms with Gasteiger partial charge in [0, 0.05) is 0 Å². The van der Waals surface area contributed by atoms with Crippen molar-refractivity contribution in [2.24, 2.45) is 0 Å². The molecule has 0 N–H and O–H groups in total. The number of aromatic nitrogens is 1. The van der Waals surface area contributed by atoms with Gasteiger partial charge >= 0.3 is 0 Å². The number of fused-ring (bicyclic) bond motifs is 1. The zero-order valence-corrected chi connectivity index (χ0v) is 12.7. The fourth-order valence-electron chi connectivity index (χ4n) is 2.20. The van der Waals surface area contributed by atoms with Gasteiger partial charge in [-0.15, -0.1) is 0 Å². The van der Waals surface area contributed by atoms with Gasteiger partial charge in [0.2, 0.25) is 0 Å². The molecule has 0 bridgehead atoms. The molecule has 1 aromatic heterocycles. The van der Waals surface area contributed by atoms with Crippen LogP contribution in [0.15, 0.2) is 30.3 Å². The summed E-state index contributed by atoms with van der Waals surface area (Å²) in [6.07, 6.45) is 0. The van der Waals surface area contributed by atoms with E-state index < -0.39 is 11.7 Å². The zero-order chi connectivity index (χ0) is 15.1. The van der Waals surface area contributed by atoms with Crippen LogP contribution in [0.3, 0.4) is 0 Å². The number of amides is 1. The molecule has 2 aromatic rings. The van der Waals surface area contributed by atoms with E-state index in [1.807, 2.05) is 0 Å². The zero-order valence-electron chi connectivity index (χ0n) is 10.4. The van der Waals surface area contributed by atoms with Crippen molar-refractivity contribution in [1.29, 1.82) is 0 Å². The summed E-state index contributed by atoms with van der Waals surface area (Å²) in [5.74, 6) is -1.35. The summed E-state index contributed by atoms with van der Waals surface area (Å²) in [5.41, 5.74) is 1.00. The summed E-state index contributed by atoms with van der Waals surface area (Å²) in [6, 6.07) is 8.09. The Morgan fingerprint density at radius 1 is 1.00 bits per heavy atom. The van der Waals surface area contributed by atoms with Crippen LogP contribution in [0, 0.1) is 0 Å². The number of carbonyl (C=O) groups excluding carboxylic acids is 2. The summed E-state index contributed by atoms with van der Waals surface area (Å²) in [4.78, 5) is 29.6. The molecule has 0 spiro atoms. The summed E-state index contributed by atoms with van der Waals surface area (Å²) in [5, 5.41) is 0.799. The molecule has 0 radical (unpaired) electrons. The summed E-state index contributed by atoms with van der Waals surface area (Å²) in [7, 11) is 0. The van der Waals surface area contributed by atoms with Crippen LogP contribution in [-0.4, -0.2) is 16.7 Å². The molecule has 2 heterocycles. The first-order valence-electron chi connectivity index (χ1n) is 5.94. The molecular formula is C14H7Cl3N2O2. The molecule has 21 heavy (non-hydrogen) atoms. The maximum atomic E-state index is 12.2. The molecule has 0 saturated heterocycles. The fraction of sp³-hybridized carbons (Fsp3) is 0.0714. The number of pyridine rings is 1. The second kappa shape index (κ2) is 5.30. The molecule has 0 unspecified atom stereocenters. The molecule has 1 aliphatic rings. The molecule has 1 aliphatic heterocycles. The Morgan fingerprint density at radius 3 is 2.43 bits per heavy atom. The first-order chi connectivity index (χ1) is 9.99. The molecular weight excluding hydrogens is 335 g/mol. The third kappa shape index (κ3) is 2.39. The van der Waals surface area contributed by atoms with Crippen molar-refractivity contribution in [2.45, 2.75) is 6.54 Å². The number of carbonyl (C=O) groups is 2. The minimum absolute atomic E-state index is 0.0954. The summed E-state index contributed by atoms with van der Waals surface area (Å²) in [6.45, 7) is 0.0954. The maximum Gasteiger partial charge on any atom is 0.299 e. The first kappa shape index (κ1) is 14.3. The Labute approximate surface area is 135 Å². The van der Waals surface area contributed by atoms with Crippen LogP contribution in [-0.2, 0) is 11.3 Å². The lowest BCUT2D eigenvalue weighted by molar-refractivity contribution is -0.114. The van der Waals surface area contributed by atoms with Crippen molar-refractivity contribution < 1.29 is 9.59 Å². The normalized spacial score (nSPS) is 13.8. The highest BCUT2D eigenvalue weighted by Crippen LogP contribution is 2.40. The van der Waals surface area contributed by atoms with Gasteiger partial charge in [-0.25, -0.2) is 4.98 Å². The van der Waals surface area contributed by atoms with Gasteiger partial charge in [-0.05, 0) is 24.3 Å². The van der Waals surface area contributed by atoms with E-state index in [1.165, 1.54) is 11.0 Å². The van der Waals surface area contributed by atoms with Crippen molar-refractivity contribution in [3.63, 3.8) is 0 Å². The van der Waals surface area contributed by atoms with Gasteiger partial charge in [0.25, 0.3) is 11.7 Å². The van der Waals surface area contributed by atoms with Crippen LogP contribution in [0.1, 0.15) is 16.1 Å². The van der Waals surface area contributed by atoms with Gasteiger partial charge in [-0.3, -0.25) is 14.5 Å². The lowest BCUT2D eigenvalue weighted by atomic mass is 10.1. The van der Waals surface area contributed by atoms with Gasteiger partial charge in [0.15, 0.2) is 0 Å². The van der Waals surface area contributed by atoms with E-state index in [-0.39, 0.29) is 22.2 Å². The second-order valence-corrected chi connectivity index (χ2v) is 5.63. The first-order valence-corrected chi connectivity index (χ1v) is 7.08. The number of benzene rings is 1. The van der Waals surface area contributed by atoms with Crippen molar-refractivity contribution in [1.82, 2.24) is 4.98 Å². The minimum atomic E-state index is -0.679. The van der Waals surface area contributed by atoms with Gasteiger partial charge in [0.05, 0.1) is 33.5 Å². The minimum Gasteiger partial charge on any atom is -0.297 e. The van der Waals surface area contributed by atoms with Crippen molar-refractivity contribution in [2.75, 3.05) is 4.90 Å². The molecule has 7 heteroatoms. The third-order valence-corrected chi connectivity index (χ3v) is 3.94. The molecule has 0 fully saturated rings. The number of hydrogen-bond donors (Lipinski definition) is 0. The average molecular weight is 342 g/mol. The predicted molar refractivity (Wildman–Crippen MR) is 81.2 cm³/mol. The number of ketones is 1. The van der Waals surface area contributed by atoms with Gasteiger partial charge < -0.3 is 0 Å². The third-order valence-electron chi connectivity index (χ3n) is 3.11. The van der Waals surface area contributed by atoms with Crippen molar-refractivity contribution in [3.05, 3.63) is 56.8 Å². The second-order valence-electron chi connectivity index (χ2n) is 4.42. The van der Waals surface area contributed by atoms with E-state index in [0.29, 0.717) is 16.5 Å². The highest BCUT2D eigenvalue weighted by atomic mass is 35.5. The van der Waals surface area contributed by atoms with E-state index in [1.54, 1.807) is 24.3 Å². The van der Waals surface area contributed by atoms with Crippen molar-refractivity contribution in [3.8, 4) is 0 Å². The van der Waals surface area contributed by atoms with Crippen LogP contribution < -0.4 is 4.90 Å². The highest BCUT2D eigenvalue weighted by molar-refractivity contribution is 6.56. The molecule has 106 valence electrons. The Kier molecular flexibility index (Phi) is 3.61. The van der Waals surface area contributed by atoms with Crippen LogP contribution in [0.25, 0.3) is 0 Å². The maximum absolute atomic E-state index is 12.2. The van der Waals surface area contributed by atoms with E-state index in [9.17, 15) is 9.59 Å². The molecule has 1 aromatic carbocycles. The van der Waals surface area contributed by atoms with Crippen LogP contribution in [0.5, 0.6) is 0 Å². The predicted octanol–water partition coefficient (Wildman–Crippen LogP) is 3.77. The Bertz CT molecular complexity index is 777. The van der Waals surface area contributed by atoms with Crippen LogP contribution >= 0.6 is 34.8 Å². The molecule has 0 atom stereocenters. The van der Waals surface area contributed by atoms with E-state index in [2.05, 4.69) is 4.98 Å². The Hall–Kier alpha value is -1.62. The standard InChI is InChI=1S/C14H7Cl3N2O2/c15-8-4-5-9(16)12-11(8)13(20)14(21)19(12)6-7-2-1-3-10(17)18-7/h1-5H,6H2. The molecule has 3 rings (SSSR count). The Balaban J connectivity index is 2.08. The monoisotopic (exact) mass is 340 g/mol. The van der Waals surface area contributed by atoms with E-state index >= 15 is 0 Å². The average Bonchev–Trinajstić information content (AvgIpc) is 2.69. The highest BCUT2D eigenvalue weighted by Gasteiger charge is 2.39. The summed E-state index contributed by atoms with van der Waals surface area (Å²) < 4.78 is 0. The Morgan fingerprint density at radius 2 is 1.71 bits per heavy atom. The van der Waals surface area contributed by atoms with Crippen LogP contribution in [0.2, 0.25) is 15.2 Å².